The molecule has 0 spiro atoms. The van der Waals surface area contributed by atoms with Crippen LogP contribution in [0.15, 0.2) is 46.9 Å². The van der Waals surface area contributed by atoms with E-state index < -0.39 is 0 Å². The first-order valence-corrected chi connectivity index (χ1v) is 7.45. The second-order valence-electron chi connectivity index (χ2n) is 4.94. The first kappa shape index (κ1) is 17.3. The van der Waals surface area contributed by atoms with Crippen LogP contribution in [0.2, 0.25) is 0 Å². The summed E-state index contributed by atoms with van der Waals surface area (Å²) in [6, 6.07) is 13.2. The maximum Gasteiger partial charge on any atom is 0.159 e. The van der Waals surface area contributed by atoms with Gasteiger partial charge >= 0.3 is 0 Å². The highest BCUT2D eigenvalue weighted by molar-refractivity contribution is 9.10. The lowest BCUT2D eigenvalue weighted by Crippen LogP contribution is -1.91. The van der Waals surface area contributed by atoms with E-state index in [1.165, 1.54) is 5.56 Å². The van der Waals surface area contributed by atoms with Crippen molar-refractivity contribution in [1.29, 1.82) is 0 Å². The zero-order valence-corrected chi connectivity index (χ0v) is 14.3. The van der Waals surface area contributed by atoms with Crippen molar-refractivity contribution in [2.45, 2.75) is 27.7 Å². The van der Waals surface area contributed by atoms with Crippen LogP contribution in [0.4, 0.5) is 0 Å². The Hall–Kier alpha value is -1.74. The number of aryl methyl sites for hydroxylation is 2. The van der Waals surface area contributed by atoms with Gasteiger partial charge in [-0.05, 0) is 39.3 Å². The Labute approximate surface area is 134 Å². The van der Waals surface area contributed by atoms with E-state index in [2.05, 4.69) is 15.9 Å². The van der Waals surface area contributed by atoms with Gasteiger partial charge in [0, 0.05) is 15.6 Å². The zero-order valence-electron chi connectivity index (χ0n) is 12.7. The second kappa shape index (κ2) is 7.89. The number of carbonyl (C=O) groups excluding carboxylic acids is 2. The lowest BCUT2D eigenvalue weighted by Gasteiger charge is -1.99. The summed E-state index contributed by atoms with van der Waals surface area (Å²) >= 11 is 3.36. The van der Waals surface area contributed by atoms with E-state index in [1.807, 2.05) is 56.3 Å². The van der Waals surface area contributed by atoms with Crippen molar-refractivity contribution < 1.29 is 9.59 Å². The minimum absolute atomic E-state index is 0.103. The van der Waals surface area contributed by atoms with Gasteiger partial charge in [0.15, 0.2) is 11.6 Å². The molecule has 0 fully saturated rings. The number of hydrogen-bond acceptors (Lipinski definition) is 2. The molecule has 0 atom stereocenters. The van der Waals surface area contributed by atoms with E-state index >= 15 is 0 Å². The topological polar surface area (TPSA) is 34.1 Å². The third-order valence-electron chi connectivity index (χ3n) is 3.04. The summed E-state index contributed by atoms with van der Waals surface area (Å²) in [7, 11) is 0. The molecule has 0 aliphatic rings. The molecular formula is C18H19BrO2. The standard InChI is InChI=1S/C9H9BrO.C9H10O/c1-6-3-4-8(7(2)11)5-9(6)10;1-7-3-5-9(6-4-7)8(2)10/h3-5H,1-2H3;3-6H,1-2H3. The molecule has 0 saturated heterocycles. The Morgan fingerprint density at radius 3 is 1.71 bits per heavy atom. The minimum atomic E-state index is 0.103. The summed E-state index contributed by atoms with van der Waals surface area (Å²) in [5.74, 6) is 0.228. The van der Waals surface area contributed by atoms with Crippen molar-refractivity contribution in [2.75, 3.05) is 0 Å². The first-order valence-electron chi connectivity index (χ1n) is 6.66. The third-order valence-corrected chi connectivity index (χ3v) is 3.89. The van der Waals surface area contributed by atoms with Crippen LogP contribution in [0.3, 0.4) is 0 Å². The normalized spacial score (nSPS) is 9.57. The van der Waals surface area contributed by atoms with E-state index in [-0.39, 0.29) is 11.6 Å². The number of carbonyl (C=O) groups is 2. The van der Waals surface area contributed by atoms with E-state index in [4.69, 9.17) is 0 Å². The summed E-state index contributed by atoms with van der Waals surface area (Å²) in [6.07, 6.45) is 0. The highest BCUT2D eigenvalue weighted by Gasteiger charge is 2.00. The van der Waals surface area contributed by atoms with Gasteiger partial charge in [0.2, 0.25) is 0 Å². The fourth-order valence-corrected chi connectivity index (χ4v) is 1.98. The quantitative estimate of drug-likeness (QED) is 0.704. The molecule has 2 aromatic carbocycles. The average molecular weight is 347 g/mol. The van der Waals surface area contributed by atoms with Crippen molar-refractivity contribution in [2.24, 2.45) is 0 Å². The molecule has 3 heteroatoms. The summed E-state index contributed by atoms with van der Waals surface area (Å²) in [6.45, 7) is 7.14. The molecule has 0 heterocycles. The van der Waals surface area contributed by atoms with E-state index in [0.717, 1.165) is 21.2 Å². The van der Waals surface area contributed by atoms with Crippen LogP contribution in [-0.2, 0) is 0 Å². The molecule has 0 saturated carbocycles. The Morgan fingerprint density at radius 2 is 1.29 bits per heavy atom. The molecular weight excluding hydrogens is 328 g/mol. The van der Waals surface area contributed by atoms with Crippen LogP contribution in [0.1, 0.15) is 45.7 Å². The molecule has 110 valence electrons. The molecule has 2 nitrogen and oxygen atoms in total. The summed E-state index contributed by atoms with van der Waals surface area (Å²) < 4.78 is 0.991. The lowest BCUT2D eigenvalue weighted by atomic mass is 10.1. The lowest BCUT2D eigenvalue weighted by molar-refractivity contribution is 0.100. The van der Waals surface area contributed by atoms with Crippen LogP contribution < -0.4 is 0 Å². The Morgan fingerprint density at radius 1 is 0.810 bits per heavy atom. The van der Waals surface area contributed by atoms with Gasteiger partial charge in [0.05, 0.1) is 0 Å². The molecule has 0 aliphatic heterocycles. The van der Waals surface area contributed by atoms with Crippen molar-refractivity contribution in [3.8, 4) is 0 Å². The largest absolute Gasteiger partial charge is 0.295 e. The van der Waals surface area contributed by atoms with Gasteiger partial charge in [0.1, 0.15) is 0 Å². The zero-order chi connectivity index (χ0) is 16.0. The van der Waals surface area contributed by atoms with Crippen molar-refractivity contribution in [3.05, 3.63) is 69.2 Å². The fraction of sp³-hybridized carbons (Fsp3) is 0.222. The molecule has 0 bridgehead atoms. The number of rotatable bonds is 2. The minimum Gasteiger partial charge on any atom is -0.295 e. The Kier molecular flexibility index (Phi) is 6.50. The number of hydrogen-bond donors (Lipinski definition) is 0. The monoisotopic (exact) mass is 346 g/mol. The number of benzene rings is 2. The van der Waals surface area contributed by atoms with Crippen LogP contribution in [0, 0.1) is 13.8 Å². The fourth-order valence-electron chi connectivity index (χ4n) is 1.60. The first-order chi connectivity index (χ1) is 9.81. The van der Waals surface area contributed by atoms with E-state index in [9.17, 15) is 9.59 Å². The number of ketones is 2. The van der Waals surface area contributed by atoms with Gasteiger partial charge in [0.25, 0.3) is 0 Å². The molecule has 0 aliphatic carbocycles. The highest BCUT2D eigenvalue weighted by Crippen LogP contribution is 2.17. The second-order valence-corrected chi connectivity index (χ2v) is 5.80. The van der Waals surface area contributed by atoms with Gasteiger partial charge in [-0.25, -0.2) is 0 Å². The molecule has 2 rings (SSSR count). The van der Waals surface area contributed by atoms with Gasteiger partial charge < -0.3 is 0 Å². The predicted octanol–water partition coefficient (Wildman–Crippen LogP) is 5.16. The maximum atomic E-state index is 10.9. The molecule has 0 radical (unpaired) electrons. The molecule has 0 N–H and O–H groups in total. The van der Waals surface area contributed by atoms with Crippen molar-refractivity contribution in [3.63, 3.8) is 0 Å². The van der Waals surface area contributed by atoms with Crippen LogP contribution in [0.5, 0.6) is 0 Å². The van der Waals surface area contributed by atoms with Crippen molar-refractivity contribution >= 4 is 27.5 Å². The number of Topliss-reactive ketones (excluding diaryl/α,β-unsaturated/α-hetero) is 2. The predicted molar refractivity (Wildman–Crippen MR) is 90.1 cm³/mol. The van der Waals surface area contributed by atoms with Crippen LogP contribution >= 0.6 is 15.9 Å². The van der Waals surface area contributed by atoms with Crippen LogP contribution in [-0.4, -0.2) is 11.6 Å². The molecule has 21 heavy (non-hydrogen) atoms. The number of halogens is 1. The summed E-state index contributed by atoms with van der Waals surface area (Å²) in [4.78, 5) is 21.6. The van der Waals surface area contributed by atoms with E-state index in [0.29, 0.717) is 0 Å². The van der Waals surface area contributed by atoms with Crippen molar-refractivity contribution in [1.82, 2.24) is 0 Å². The highest BCUT2D eigenvalue weighted by atomic mass is 79.9. The Bertz CT molecular complexity index is 643. The average Bonchev–Trinajstić information content (AvgIpc) is 2.43. The van der Waals surface area contributed by atoms with Gasteiger partial charge in [-0.1, -0.05) is 57.9 Å². The molecule has 2 aromatic rings. The Balaban J connectivity index is 0.000000211. The maximum absolute atomic E-state index is 10.9. The van der Waals surface area contributed by atoms with E-state index in [1.54, 1.807) is 13.8 Å². The SMILES string of the molecule is CC(=O)c1ccc(C)c(Br)c1.CC(=O)c1ccc(C)cc1. The van der Waals surface area contributed by atoms with Crippen LogP contribution in [0.25, 0.3) is 0 Å². The summed E-state index contributed by atoms with van der Waals surface area (Å²) in [5, 5.41) is 0. The molecule has 0 unspecified atom stereocenters. The molecule has 0 aromatic heterocycles. The van der Waals surface area contributed by atoms with Gasteiger partial charge in [-0.15, -0.1) is 0 Å². The van der Waals surface area contributed by atoms with Gasteiger partial charge in [-0.3, -0.25) is 9.59 Å². The smallest absolute Gasteiger partial charge is 0.159 e. The molecule has 0 amide bonds. The van der Waals surface area contributed by atoms with Gasteiger partial charge in [-0.2, -0.15) is 0 Å². The summed E-state index contributed by atoms with van der Waals surface area (Å²) in [5.41, 5.74) is 3.87. The third kappa shape index (κ3) is 5.64.